The molecule has 1 saturated heterocycles. The van der Waals surface area contributed by atoms with Crippen LogP contribution in [0.5, 0.6) is 0 Å². The zero-order chi connectivity index (χ0) is 12.1. The van der Waals surface area contributed by atoms with E-state index in [4.69, 9.17) is 5.73 Å². The van der Waals surface area contributed by atoms with Crippen molar-refractivity contribution in [1.29, 1.82) is 0 Å². The van der Waals surface area contributed by atoms with Gasteiger partial charge in [-0.15, -0.1) is 6.58 Å². The third kappa shape index (κ3) is 3.34. The largest absolute Gasteiger partial charge is 0.369 e. The Bertz CT molecular complexity index is 291. The second-order valence-electron chi connectivity index (χ2n) is 4.11. The standard InChI is InChI=1S/C11H19N3O2/c1-3-4-13-5-6-14(9(2)15)8-10(7-13)11(12)16/h3,10H,1,4-8H2,2H3,(H2,12,16). The molecule has 5 heteroatoms. The maximum absolute atomic E-state index is 11.3. The number of primary amides is 1. The average Bonchev–Trinajstić information content (AvgIpc) is 2.41. The van der Waals surface area contributed by atoms with Gasteiger partial charge in [-0.3, -0.25) is 14.5 Å². The van der Waals surface area contributed by atoms with Crippen LogP contribution in [0.1, 0.15) is 6.92 Å². The van der Waals surface area contributed by atoms with E-state index in [0.29, 0.717) is 19.6 Å². The summed E-state index contributed by atoms with van der Waals surface area (Å²) in [5.74, 6) is -0.639. The van der Waals surface area contributed by atoms with Gasteiger partial charge < -0.3 is 10.6 Å². The van der Waals surface area contributed by atoms with Crippen LogP contribution >= 0.6 is 0 Å². The van der Waals surface area contributed by atoms with Crippen molar-refractivity contribution >= 4 is 11.8 Å². The quantitative estimate of drug-likeness (QED) is 0.655. The number of nitrogens with two attached hydrogens (primary N) is 1. The van der Waals surface area contributed by atoms with Gasteiger partial charge in [-0.05, 0) is 0 Å². The summed E-state index contributed by atoms with van der Waals surface area (Å²) < 4.78 is 0. The van der Waals surface area contributed by atoms with Gasteiger partial charge in [0.1, 0.15) is 0 Å². The fraction of sp³-hybridized carbons (Fsp3) is 0.636. The van der Waals surface area contributed by atoms with Gasteiger partial charge in [0, 0.05) is 39.6 Å². The summed E-state index contributed by atoms with van der Waals surface area (Å²) in [6.45, 7) is 8.34. The van der Waals surface area contributed by atoms with Crippen molar-refractivity contribution in [2.45, 2.75) is 6.92 Å². The van der Waals surface area contributed by atoms with E-state index in [1.165, 1.54) is 6.92 Å². The topological polar surface area (TPSA) is 66.6 Å². The van der Waals surface area contributed by atoms with Crippen LogP contribution in [0.25, 0.3) is 0 Å². The highest BCUT2D eigenvalue weighted by atomic mass is 16.2. The van der Waals surface area contributed by atoms with Crippen LogP contribution in [0.2, 0.25) is 0 Å². The first-order chi connectivity index (χ1) is 7.54. The van der Waals surface area contributed by atoms with Gasteiger partial charge in [0.05, 0.1) is 5.92 Å². The van der Waals surface area contributed by atoms with Crippen molar-refractivity contribution in [3.05, 3.63) is 12.7 Å². The number of carbonyl (C=O) groups excluding carboxylic acids is 2. The van der Waals surface area contributed by atoms with Crippen LogP contribution in [0.3, 0.4) is 0 Å². The summed E-state index contributed by atoms with van der Waals surface area (Å²) in [5, 5.41) is 0. The Labute approximate surface area is 95.9 Å². The zero-order valence-corrected chi connectivity index (χ0v) is 9.69. The van der Waals surface area contributed by atoms with Gasteiger partial charge in [0.15, 0.2) is 0 Å². The molecule has 2 amide bonds. The van der Waals surface area contributed by atoms with Gasteiger partial charge in [0.25, 0.3) is 0 Å². The van der Waals surface area contributed by atoms with Crippen molar-refractivity contribution in [2.24, 2.45) is 11.7 Å². The molecule has 1 unspecified atom stereocenters. The summed E-state index contributed by atoms with van der Waals surface area (Å²) >= 11 is 0. The lowest BCUT2D eigenvalue weighted by molar-refractivity contribution is -0.130. The third-order valence-corrected chi connectivity index (χ3v) is 2.84. The Morgan fingerprint density at radius 2 is 2.12 bits per heavy atom. The van der Waals surface area contributed by atoms with E-state index in [1.807, 2.05) is 0 Å². The normalized spacial score (nSPS) is 22.6. The van der Waals surface area contributed by atoms with Gasteiger partial charge in [0.2, 0.25) is 11.8 Å². The highest BCUT2D eigenvalue weighted by Crippen LogP contribution is 2.09. The lowest BCUT2D eigenvalue weighted by Crippen LogP contribution is -2.39. The van der Waals surface area contributed by atoms with Crippen molar-refractivity contribution in [3.63, 3.8) is 0 Å². The molecule has 0 bridgehead atoms. The summed E-state index contributed by atoms with van der Waals surface area (Å²) in [7, 11) is 0. The Morgan fingerprint density at radius 1 is 1.44 bits per heavy atom. The highest BCUT2D eigenvalue weighted by Gasteiger charge is 2.26. The molecule has 5 nitrogen and oxygen atoms in total. The minimum Gasteiger partial charge on any atom is -0.369 e. The maximum Gasteiger partial charge on any atom is 0.223 e. The van der Waals surface area contributed by atoms with Crippen molar-refractivity contribution < 1.29 is 9.59 Å². The van der Waals surface area contributed by atoms with E-state index in [1.54, 1.807) is 11.0 Å². The SMILES string of the molecule is C=CCN1CCN(C(C)=O)CC(C(N)=O)C1. The molecule has 0 radical (unpaired) electrons. The van der Waals surface area contributed by atoms with Crippen LogP contribution in [0, 0.1) is 5.92 Å². The van der Waals surface area contributed by atoms with Gasteiger partial charge in [-0.2, -0.15) is 0 Å². The van der Waals surface area contributed by atoms with E-state index in [0.717, 1.165) is 13.1 Å². The molecule has 0 aromatic heterocycles. The average molecular weight is 225 g/mol. The van der Waals surface area contributed by atoms with Crippen LogP contribution in [0.4, 0.5) is 0 Å². The number of rotatable bonds is 3. The van der Waals surface area contributed by atoms with Crippen molar-refractivity contribution in [1.82, 2.24) is 9.80 Å². The molecule has 0 saturated carbocycles. The number of nitrogens with zero attached hydrogens (tertiary/aromatic N) is 2. The molecule has 1 heterocycles. The van der Waals surface area contributed by atoms with E-state index >= 15 is 0 Å². The van der Waals surface area contributed by atoms with Crippen LogP contribution in [-0.2, 0) is 9.59 Å². The maximum atomic E-state index is 11.3. The van der Waals surface area contributed by atoms with Crippen molar-refractivity contribution in [2.75, 3.05) is 32.7 Å². The van der Waals surface area contributed by atoms with E-state index in [-0.39, 0.29) is 17.7 Å². The zero-order valence-electron chi connectivity index (χ0n) is 9.69. The van der Waals surface area contributed by atoms with Gasteiger partial charge in [-0.1, -0.05) is 6.08 Å². The van der Waals surface area contributed by atoms with Crippen LogP contribution in [-0.4, -0.2) is 54.3 Å². The molecule has 2 N–H and O–H groups in total. The first kappa shape index (κ1) is 12.7. The number of hydrogen-bond acceptors (Lipinski definition) is 3. The molecule has 90 valence electrons. The first-order valence-electron chi connectivity index (χ1n) is 5.42. The van der Waals surface area contributed by atoms with E-state index in [9.17, 15) is 9.59 Å². The summed E-state index contributed by atoms with van der Waals surface area (Å²) in [4.78, 5) is 26.3. The fourth-order valence-electron chi connectivity index (χ4n) is 1.89. The smallest absolute Gasteiger partial charge is 0.223 e. The van der Waals surface area contributed by atoms with Crippen LogP contribution in [0.15, 0.2) is 12.7 Å². The Hall–Kier alpha value is -1.36. The Kier molecular flexibility index (Phi) is 4.49. The summed E-state index contributed by atoms with van der Waals surface area (Å²) in [6.07, 6.45) is 1.79. The predicted octanol–water partition coefficient (Wildman–Crippen LogP) is -0.562. The molecule has 1 aliphatic rings. The third-order valence-electron chi connectivity index (χ3n) is 2.84. The molecule has 1 rings (SSSR count). The minimum atomic E-state index is -0.345. The Balaban J connectivity index is 2.71. The highest BCUT2D eigenvalue weighted by molar-refractivity contribution is 5.79. The molecule has 0 aromatic carbocycles. The monoisotopic (exact) mass is 225 g/mol. The molecule has 0 aromatic rings. The molecule has 1 atom stereocenters. The molecule has 0 aliphatic carbocycles. The van der Waals surface area contributed by atoms with Gasteiger partial charge >= 0.3 is 0 Å². The lowest BCUT2D eigenvalue weighted by atomic mass is 10.1. The van der Waals surface area contributed by atoms with E-state index < -0.39 is 0 Å². The predicted molar refractivity (Wildman–Crippen MR) is 61.6 cm³/mol. The number of hydrogen-bond donors (Lipinski definition) is 1. The molecule has 0 spiro atoms. The minimum absolute atomic E-state index is 0.00768. The van der Waals surface area contributed by atoms with Gasteiger partial charge in [-0.25, -0.2) is 0 Å². The fourth-order valence-corrected chi connectivity index (χ4v) is 1.89. The van der Waals surface area contributed by atoms with E-state index in [2.05, 4.69) is 11.5 Å². The number of amides is 2. The second kappa shape index (κ2) is 5.65. The lowest BCUT2D eigenvalue weighted by Gasteiger charge is -2.20. The first-order valence-corrected chi connectivity index (χ1v) is 5.42. The molecule has 16 heavy (non-hydrogen) atoms. The molecular formula is C11H19N3O2. The molecule has 1 fully saturated rings. The summed E-state index contributed by atoms with van der Waals surface area (Å²) in [6, 6.07) is 0. The molecular weight excluding hydrogens is 206 g/mol. The number of carbonyl (C=O) groups is 2. The Morgan fingerprint density at radius 3 is 2.62 bits per heavy atom. The second-order valence-corrected chi connectivity index (χ2v) is 4.11. The van der Waals surface area contributed by atoms with Crippen molar-refractivity contribution in [3.8, 4) is 0 Å². The summed E-state index contributed by atoms with van der Waals surface area (Å²) in [5.41, 5.74) is 5.33. The van der Waals surface area contributed by atoms with Crippen LogP contribution < -0.4 is 5.73 Å². The molecule has 1 aliphatic heterocycles.